The van der Waals surface area contributed by atoms with Gasteiger partial charge in [0.25, 0.3) is 0 Å². The summed E-state index contributed by atoms with van der Waals surface area (Å²) in [6.45, 7) is 0.208. The molecule has 6 heteroatoms. The van der Waals surface area contributed by atoms with Crippen molar-refractivity contribution in [2.24, 2.45) is 0 Å². The summed E-state index contributed by atoms with van der Waals surface area (Å²) in [6.07, 6.45) is -2.84. The molecule has 0 radical (unpaired) electrons. The first kappa shape index (κ1) is 8.55. The fourth-order valence-electron chi connectivity index (χ4n) is 1.40. The van der Waals surface area contributed by atoms with E-state index in [1.807, 2.05) is 0 Å². The second kappa shape index (κ2) is 2.73. The zero-order chi connectivity index (χ0) is 9.47. The van der Waals surface area contributed by atoms with E-state index in [0.717, 1.165) is 5.69 Å². The average molecular weight is 191 g/mol. The number of fused-ring (bicyclic) bond motifs is 1. The largest absolute Gasteiger partial charge is 0.404 e. The van der Waals surface area contributed by atoms with Crippen LogP contribution in [0.2, 0.25) is 0 Å². The molecule has 0 aromatic carbocycles. The molecule has 1 atom stereocenters. The second-order valence-electron chi connectivity index (χ2n) is 3.01. The molecule has 0 unspecified atom stereocenters. The molecule has 2 rings (SSSR count). The van der Waals surface area contributed by atoms with Crippen LogP contribution in [0.1, 0.15) is 11.4 Å². The van der Waals surface area contributed by atoms with Gasteiger partial charge >= 0.3 is 6.18 Å². The van der Waals surface area contributed by atoms with Gasteiger partial charge < -0.3 is 10.3 Å². The monoisotopic (exact) mass is 191 g/mol. The van der Waals surface area contributed by atoms with Gasteiger partial charge in [-0.05, 0) is 0 Å². The molecule has 1 aliphatic rings. The number of alkyl halides is 3. The highest BCUT2D eigenvalue weighted by molar-refractivity contribution is 5.16. The molecule has 0 amide bonds. The molecule has 0 fully saturated rings. The topological polar surface area (TPSA) is 40.7 Å². The van der Waals surface area contributed by atoms with Crippen LogP contribution in [0.5, 0.6) is 0 Å². The molecule has 2 heterocycles. The number of aromatic nitrogens is 2. The van der Waals surface area contributed by atoms with E-state index >= 15 is 0 Å². The number of H-pyrrole nitrogens is 1. The maximum atomic E-state index is 12.2. The van der Waals surface area contributed by atoms with Crippen molar-refractivity contribution in [3.63, 3.8) is 0 Å². The molecule has 2 N–H and O–H groups in total. The van der Waals surface area contributed by atoms with E-state index in [0.29, 0.717) is 5.69 Å². The average Bonchev–Trinajstić information content (AvgIpc) is 2.47. The van der Waals surface area contributed by atoms with Gasteiger partial charge in [-0.2, -0.15) is 13.2 Å². The van der Waals surface area contributed by atoms with Gasteiger partial charge in [0.15, 0.2) is 0 Å². The van der Waals surface area contributed by atoms with E-state index in [1.165, 1.54) is 6.33 Å². The van der Waals surface area contributed by atoms with E-state index in [4.69, 9.17) is 0 Å². The smallest absolute Gasteiger partial charge is 0.347 e. The Morgan fingerprint density at radius 1 is 1.46 bits per heavy atom. The van der Waals surface area contributed by atoms with Crippen molar-refractivity contribution in [1.82, 2.24) is 15.3 Å². The molecule has 0 saturated carbocycles. The number of hydrogen-bond acceptors (Lipinski definition) is 2. The summed E-state index contributed by atoms with van der Waals surface area (Å²) in [5.74, 6) is 0. The number of nitrogens with zero attached hydrogens (tertiary/aromatic N) is 1. The van der Waals surface area contributed by atoms with Crippen molar-refractivity contribution in [3.05, 3.63) is 17.7 Å². The summed E-state index contributed by atoms with van der Waals surface area (Å²) in [7, 11) is 0. The normalized spacial score (nSPS) is 22.8. The van der Waals surface area contributed by atoms with Crippen molar-refractivity contribution in [1.29, 1.82) is 0 Å². The highest BCUT2D eigenvalue weighted by Gasteiger charge is 2.41. The van der Waals surface area contributed by atoms with Crippen LogP contribution in [-0.4, -0.2) is 22.2 Å². The molecule has 72 valence electrons. The van der Waals surface area contributed by atoms with Gasteiger partial charge in [0.05, 0.1) is 17.7 Å². The molecule has 1 aromatic heterocycles. The van der Waals surface area contributed by atoms with Gasteiger partial charge in [0.1, 0.15) is 6.04 Å². The lowest BCUT2D eigenvalue weighted by Gasteiger charge is -2.24. The molecule has 0 saturated heterocycles. The Balaban J connectivity index is 2.18. The predicted molar refractivity (Wildman–Crippen MR) is 39.0 cm³/mol. The quantitative estimate of drug-likeness (QED) is 0.642. The molecule has 0 spiro atoms. The number of hydrogen-bond donors (Lipinski definition) is 2. The summed E-state index contributed by atoms with van der Waals surface area (Å²) >= 11 is 0. The van der Waals surface area contributed by atoms with Gasteiger partial charge in [-0.1, -0.05) is 0 Å². The van der Waals surface area contributed by atoms with Gasteiger partial charge in [-0.25, -0.2) is 4.98 Å². The molecular weight excluding hydrogens is 183 g/mol. The zero-order valence-electron chi connectivity index (χ0n) is 6.65. The number of aromatic amines is 1. The lowest BCUT2D eigenvalue weighted by Crippen LogP contribution is -2.46. The zero-order valence-corrected chi connectivity index (χ0v) is 6.65. The Kier molecular flexibility index (Phi) is 1.80. The molecule has 1 aliphatic heterocycles. The summed E-state index contributed by atoms with van der Waals surface area (Å²) in [5.41, 5.74) is 1.27. The minimum atomic E-state index is -4.18. The van der Waals surface area contributed by atoms with E-state index in [-0.39, 0.29) is 13.0 Å². The summed E-state index contributed by atoms with van der Waals surface area (Å²) < 4.78 is 36.7. The number of rotatable bonds is 0. The van der Waals surface area contributed by atoms with Crippen LogP contribution in [-0.2, 0) is 13.0 Å². The first-order chi connectivity index (χ1) is 6.07. The van der Waals surface area contributed by atoms with Crippen LogP contribution >= 0.6 is 0 Å². The highest BCUT2D eigenvalue weighted by atomic mass is 19.4. The summed E-state index contributed by atoms with van der Waals surface area (Å²) in [5, 5.41) is 2.41. The Labute approximate surface area is 72.4 Å². The maximum Gasteiger partial charge on any atom is 0.404 e. The summed E-state index contributed by atoms with van der Waals surface area (Å²) in [4.78, 5) is 6.61. The van der Waals surface area contributed by atoms with Gasteiger partial charge in [0, 0.05) is 13.0 Å². The Morgan fingerprint density at radius 2 is 2.23 bits per heavy atom. The van der Waals surface area contributed by atoms with Crippen LogP contribution in [0.15, 0.2) is 6.33 Å². The molecular formula is C7H8F3N3. The van der Waals surface area contributed by atoms with E-state index < -0.39 is 12.2 Å². The third kappa shape index (κ3) is 1.53. The van der Waals surface area contributed by atoms with Gasteiger partial charge in [-0.15, -0.1) is 0 Å². The highest BCUT2D eigenvalue weighted by Crippen LogP contribution is 2.26. The number of nitrogens with one attached hydrogen (secondary N) is 2. The fourth-order valence-corrected chi connectivity index (χ4v) is 1.40. The Morgan fingerprint density at radius 3 is 2.92 bits per heavy atom. The third-order valence-corrected chi connectivity index (χ3v) is 2.13. The van der Waals surface area contributed by atoms with E-state index in [9.17, 15) is 13.2 Å². The lowest BCUT2D eigenvalue weighted by atomic mass is 10.1. The lowest BCUT2D eigenvalue weighted by molar-refractivity contribution is -0.157. The second-order valence-corrected chi connectivity index (χ2v) is 3.01. The molecule has 0 bridgehead atoms. The van der Waals surface area contributed by atoms with Crippen molar-refractivity contribution in [2.45, 2.75) is 25.2 Å². The molecule has 1 aromatic rings. The van der Waals surface area contributed by atoms with Crippen LogP contribution in [0.3, 0.4) is 0 Å². The Bertz CT molecular complexity index is 304. The van der Waals surface area contributed by atoms with Crippen molar-refractivity contribution >= 4 is 0 Å². The van der Waals surface area contributed by atoms with E-state index in [2.05, 4.69) is 15.3 Å². The van der Waals surface area contributed by atoms with Crippen molar-refractivity contribution in [2.75, 3.05) is 0 Å². The molecule has 3 nitrogen and oxygen atoms in total. The van der Waals surface area contributed by atoms with Crippen LogP contribution in [0.4, 0.5) is 13.2 Å². The molecule has 0 aliphatic carbocycles. The van der Waals surface area contributed by atoms with Gasteiger partial charge in [0.2, 0.25) is 0 Å². The van der Waals surface area contributed by atoms with Crippen LogP contribution < -0.4 is 5.32 Å². The fraction of sp³-hybridized carbons (Fsp3) is 0.571. The minimum absolute atomic E-state index is 0.0810. The number of imidazole rings is 1. The molecule has 13 heavy (non-hydrogen) atoms. The third-order valence-electron chi connectivity index (χ3n) is 2.13. The van der Waals surface area contributed by atoms with Crippen molar-refractivity contribution < 1.29 is 13.2 Å². The minimum Gasteiger partial charge on any atom is -0.347 e. The number of halogens is 3. The first-order valence-electron chi connectivity index (χ1n) is 3.88. The van der Waals surface area contributed by atoms with Gasteiger partial charge in [-0.3, -0.25) is 0 Å². The van der Waals surface area contributed by atoms with Crippen molar-refractivity contribution in [3.8, 4) is 0 Å². The maximum absolute atomic E-state index is 12.2. The van der Waals surface area contributed by atoms with Crippen LogP contribution in [0, 0.1) is 0 Å². The standard InChI is InChI=1S/C7H8F3N3/c8-7(9,10)6-1-4-5(2-11-6)13-3-12-4/h3,6,11H,1-2H2,(H,12,13)/t6-/m0/s1. The predicted octanol–water partition coefficient (Wildman–Crippen LogP) is 0.986. The SMILES string of the molecule is FC(F)(F)[C@@H]1Cc2nc[nH]c2CN1. The van der Waals surface area contributed by atoms with Crippen LogP contribution in [0.25, 0.3) is 0 Å². The summed E-state index contributed by atoms with van der Waals surface area (Å²) in [6, 6.07) is -1.46. The Hall–Kier alpha value is -1.04. The van der Waals surface area contributed by atoms with E-state index in [1.54, 1.807) is 0 Å². The first-order valence-corrected chi connectivity index (χ1v) is 3.88.